The van der Waals surface area contributed by atoms with E-state index in [0.29, 0.717) is 6.42 Å². The fourth-order valence-electron chi connectivity index (χ4n) is 2.88. The minimum absolute atomic E-state index is 0.201. The second kappa shape index (κ2) is 4.26. The van der Waals surface area contributed by atoms with Crippen LogP contribution in [0.5, 0.6) is 0 Å². The Labute approximate surface area is 107 Å². The van der Waals surface area contributed by atoms with Crippen LogP contribution in [0.1, 0.15) is 33.1 Å². The van der Waals surface area contributed by atoms with E-state index in [0.717, 1.165) is 18.5 Å². The van der Waals surface area contributed by atoms with Gasteiger partial charge in [-0.25, -0.2) is 4.39 Å². The Bertz CT molecular complexity index is 455. The van der Waals surface area contributed by atoms with E-state index in [4.69, 9.17) is 5.73 Å². The first kappa shape index (κ1) is 12.9. The molecular formula is C14H19FN2O. The number of benzene rings is 1. The molecule has 0 aliphatic heterocycles. The van der Waals surface area contributed by atoms with E-state index >= 15 is 0 Å². The van der Waals surface area contributed by atoms with Crippen molar-refractivity contribution in [1.82, 2.24) is 0 Å². The highest BCUT2D eigenvalue weighted by molar-refractivity contribution is 5.89. The second-order valence-electron chi connectivity index (χ2n) is 5.64. The van der Waals surface area contributed by atoms with Crippen LogP contribution in [0.15, 0.2) is 24.3 Å². The first-order valence-electron chi connectivity index (χ1n) is 6.21. The van der Waals surface area contributed by atoms with Crippen molar-refractivity contribution in [2.24, 2.45) is 11.1 Å². The summed E-state index contributed by atoms with van der Waals surface area (Å²) in [5, 5.41) is 3.23. The minimum Gasteiger partial charge on any atom is -0.371 e. The maximum absolute atomic E-state index is 12.9. The van der Waals surface area contributed by atoms with Crippen LogP contribution in [0.2, 0.25) is 0 Å². The van der Waals surface area contributed by atoms with Crippen molar-refractivity contribution in [2.45, 2.75) is 38.6 Å². The van der Waals surface area contributed by atoms with Crippen LogP contribution in [0.25, 0.3) is 0 Å². The van der Waals surface area contributed by atoms with Crippen molar-refractivity contribution in [3.8, 4) is 0 Å². The summed E-state index contributed by atoms with van der Waals surface area (Å²) in [6, 6.07) is 6.01. The van der Waals surface area contributed by atoms with Crippen molar-refractivity contribution in [2.75, 3.05) is 5.32 Å². The third kappa shape index (κ3) is 1.96. The van der Waals surface area contributed by atoms with E-state index in [1.165, 1.54) is 12.1 Å². The summed E-state index contributed by atoms with van der Waals surface area (Å²) in [4.78, 5) is 11.9. The monoisotopic (exact) mass is 250 g/mol. The largest absolute Gasteiger partial charge is 0.371 e. The topological polar surface area (TPSA) is 55.1 Å². The van der Waals surface area contributed by atoms with Gasteiger partial charge in [-0.05, 0) is 48.9 Å². The van der Waals surface area contributed by atoms with Crippen molar-refractivity contribution in [3.63, 3.8) is 0 Å². The average molecular weight is 250 g/mol. The van der Waals surface area contributed by atoms with Crippen molar-refractivity contribution < 1.29 is 9.18 Å². The predicted molar refractivity (Wildman–Crippen MR) is 69.6 cm³/mol. The smallest absolute Gasteiger partial charge is 0.243 e. The van der Waals surface area contributed by atoms with E-state index in [2.05, 4.69) is 5.32 Å². The SMILES string of the molecule is CC1(C)CCCC1(Nc1ccc(F)cc1)C(N)=O. The molecule has 98 valence electrons. The molecule has 3 nitrogen and oxygen atoms in total. The summed E-state index contributed by atoms with van der Waals surface area (Å²) >= 11 is 0. The van der Waals surface area contributed by atoms with E-state index in [1.54, 1.807) is 12.1 Å². The number of anilines is 1. The van der Waals surface area contributed by atoms with Crippen molar-refractivity contribution >= 4 is 11.6 Å². The predicted octanol–water partition coefficient (Wildman–Crippen LogP) is 2.67. The van der Waals surface area contributed by atoms with Gasteiger partial charge in [-0.1, -0.05) is 13.8 Å². The molecule has 1 aliphatic rings. The molecular weight excluding hydrogens is 231 g/mol. The molecule has 1 unspecified atom stereocenters. The number of hydrogen-bond donors (Lipinski definition) is 2. The highest BCUT2D eigenvalue weighted by Crippen LogP contribution is 2.47. The maximum atomic E-state index is 12.9. The lowest BCUT2D eigenvalue weighted by Gasteiger charge is -2.40. The molecule has 1 aromatic rings. The van der Waals surface area contributed by atoms with Crippen LogP contribution in [-0.2, 0) is 4.79 Å². The number of nitrogens with two attached hydrogens (primary N) is 1. The molecule has 1 aromatic carbocycles. The van der Waals surface area contributed by atoms with Gasteiger partial charge in [0, 0.05) is 5.69 Å². The molecule has 1 amide bonds. The molecule has 0 heterocycles. The number of carbonyl (C=O) groups is 1. The quantitative estimate of drug-likeness (QED) is 0.866. The molecule has 0 radical (unpaired) electrons. The fourth-order valence-corrected chi connectivity index (χ4v) is 2.88. The molecule has 0 bridgehead atoms. The van der Waals surface area contributed by atoms with E-state index in [-0.39, 0.29) is 17.1 Å². The fraction of sp³-hybridized carbons (Fsp3) is 0.500. The number of hydrogen-bond acceptors (Lipinski definition) is 2. The first-order valence-corrected chi connectivity index (χ1v) is 6.21. The van der Waals surface area contributed by atoms with Crippen LogP contribution in [0.3, 0.4) is 0 Å². The number of amides is 1. The van der Waals surface area contributed by atoms with Gasteiger partial charge in [0.25, 0.3) is 0 Å². The van der Waals surface area contributed by atoms with Crippen molar-refractivity contribution in [3.05, 3.63) is 30.1 Å². The summed E-state index contributed by atoms with van der Waals surface area (Å²) in [5.74, 6) is -0.631. The summed E-state index contributed by atoms with van der Waals surface area (Å²) < 4.78 is 12.9. The summed E-state index contributed by atoms with van der Waals surface area (Å²) in [5.41, 5.74) is 5.39. The summed E-state index contributed by atoms with van der Waals surface area (Å²) in [7, 11) is 0. The molecule has 2 rings (SSSR count). The Morgan fingerprint density at radius 3 is 2.33 bits per heavy atom. The summed E-state index contributed by atoms with van der Waals surface area (Å²) in [6.07, 6.45) is 2.63. The van der Waals surface area contributed by atoms with Gasteiger partial charge in [0.2, 0.25) is 5.91 Å². The van der Waals surface area contributed by atoms with Gasteiger partial charge >= 0.3 is 0 Å². The Balaban J connectivity index is 2.33. The Hall–Kier alpha value is -1.58. The Morgan fingerprint density at radius 1 is 1.28 bits per heavy atom. The van der Waals surface area contributed by atoms with E-state index in [9.17, 15) is 9.18 Å². The number of primary amides is 1. The normalized spacial score (nSPS) is 25.9. The zero-order valence-electron chi connectivity index (χ0n) is 10.8. The van der Waals surface area contributed by atoms with Crippen LogP contribution in [0.4, 0.5) is 10.1 Å². The maximum Gasteiger partial charge on any atom is 0.243 e. The van der Waals surface area contributed by atoms with Crippen LogP contribution < -0.4 is 11.1 Å². The number of nitrogens with one attached hydrogen (secondary N) is 1. The second-order valence-corrected chi connectivity index (χ2v) is 5.64. The van der Waals surface area contributed by atoms with E-state index in [1.807, 2.05) is 13.8 Å². The average Bonchev–Trinajstić information content (AvgIpc) is 2.58. The van der Waals surface area contributed by atoms with Gasteiger partial charge in [-0.2, -0.15) is 0 Å². The van der Waals surface area contributed by atoms with Gasteiger partial charge in [0.15, 0.2) is 0 Å². The van der Waals surface area contributed by atoms with Gasteiger partial charge in [0.05, 0.1) is 0 Å². The molecule has 18 heavy (non-hydrogen) atoms. The molecule has 1 aliphatic carbocycles. The Kier molecular flexibility index (Phi) is 3.05. The molecule has 4 heteroatoms. The van der Waals surface area contributed by atoms with Crippen LogP contribution >= 0.6 is 0 Å². The first-order chi connectivity index (χ1) is 8.37. The molecule has 0 aromatic heterocycles. The standard InChI is InChI=1S/C14H19FN2O/c1-13(2)8-3-9-14(13,12(16)18)17-11-6-4-10(15)5-7-11/h4-7,17H,3,8-9H2,1-2H3,(H2,16,18). The molecule has 1 fully saturated rings. The number of halogens is 1. The molecule has 0 saturated heterocycles. The summed E-state index contributed by atoms with van der Waals surface area (Å²) in [6.45, 7) is 4.09. The molecule has 3 N–H and O–H groups in total. The molecule has 0 spiro atoms. The third-order valence-corrected chi connectivity index (χ3v) is 4.13. The highest BCUT2D eigenvalue weighted by atomic mass is 19.1. The van der Waals surface area contributed by atoms with E-state index < -0.39 is 5.54 Å². The molecule has 1 saturated carbocycles. The van der Waals surface area contributed by atoms with Gasteiger partial charge in [0.1, 0.15) is 11.4 Å². The van der Waals surface area contributed by atoms with Crippen molar-refractivity contribution in [1.29, 1.82) is 0 Å². The zero-order valence-corrected chi connectivity index (χ0v) is 10.8. The Morgan fingerprint density at radius 2 is 1.89 bits per heavy atom. The lowest BCUT2D eigenvalue weighted by atomic mass is 9.74. The number of rotatable bonds is 3. The third-order valence-electron chi connectivity index (χ3n) is 4.13. The molecule has 1 atom stereocenters. The van der Waals surface area contributed by atoms with Gasteiger partial charge in [-0.15, -0.1) is 0 Å². The lowest BCUT2D eigenvalue weighted by molar-refractivity contribution is -0.125. The van der Waals surface area contributed by atoms with Crippen LogP contribution in [0, 0.1) is 11.2 Å². The number of carbonyl (C=O) groups excluding carboxylic acids is 1. The van der Waals surface area contributed by atoms with Gasteiger partial charge in [-0.3, -0.25) is 4.79 Å². The lowest BCUT2D eigenvalue weighted by Crippen LogP contribution is -2.57. The highest BCUT2D eigenvalue weighted by Gasteiger charge is 2.53. The van der Waals surface area contributed by atoms with Gasteiger partial charge < -0.3 is 11.1 Å². The minimum atomic E-state index is -0.745. The van der Waals surface area contributed by atoms with Crippen LogP contribution in [-0.4, -0.2) is 11.4 Å². The zero-order chi connectivity index (χ0) is 13.4.